The molecule has 17 nitrogen and oxygen atoms in total. The highest BCUT2D eigenvalue weighted by molar-refractivity contribution is 8.15. The maximum atomic E-state index is 13.2. The summed E-state index contributed by atoms with van der Waals surface area (Å²) in [5.41, 5.74) is 1.79. The molecule has 2 aromatic rings. The van der Waals surface area contributed by atoms with Crippen LogP contribution in [0.1, 0.15) is 89.9 Å². The number of amides is 4. The minimum absolute atomic E-state index is 0.0259. The number of rotatable bonds is 9. The lowest BCUT2D eigenvalue weighted by Crippen LogP contribution is -2.53. The Kier molecular flexibility index (Phi) is 20.7. The highest BCUT2D eigenvalue weighted by Crippen LogP contribution is 2.32. The largest absolute Gasteiger partial charge is 0.456 e. The quantitative estimate of drug-likeness (QED) is 0.101. The van der Waals surface area contributed by atoms with Gasteiger partial charge in [-0.1, -0.05) is 57.7 Å². The van der Waals surface area contributed by atoms with Crippen LogP contribution in [-0.2, 0) is 56.1 Å². The lowest BCUT2D eigenvalue weighted by atomic mass is 10.00. The van der Waals surface area contributed by atoms with Gasteiger partial charge in [-0.05, 0) is 73.8 Å². The van der Waals surface area contributed by atoms with Crippen molar-refractivity contribution in [3.63, 3.8) is 0 Å². The highest BCUT2D eigenvalue weighted by atomic mass is 32.2. The average molecular weight is 1010 g/mol. The van der Waals surface area contributed by atoms with E-state index < -0.39 is 47.8 Å². The summed E-state index contributed by atoms with van der Waals surface area (Å²) in [6.45, 7) is 11.0. The first-order valence-corrected chi connectivity index (χ1v) is 26.0. The molecule has 6 atom stereocenters. The van der Waals surface area contributed by atoms with Gasteiger partial charge in [-0.15, -0.1) is 23.5 Å². The van der Waals surface area contributed by atoms with Crippen LogP contribution < -0.4 is 21.3 Å². The van der Waals surface area contributed by atoms with Crippen LogP contribution in [0.2, 0.25) is 0 Å². The molecule has 21 heteroatoms. The fraction of sp³-hybridized carbons (Fsp3) is 0.511. The third-order valence-electron chi connectivity index (χ3n) is 10.6. The van der Waals surface area contributed by atoms with Crippen LogP contribution in [0.25, 0.3) is 0 Å². The molecule has 2 aromatic heterocycles. The van der Waals surface area contributed by atoms with Crippen LogP contribution in [0.5, 0.6) is 0 Å². The summed E-state index contributed by atoms with van der Waals surface area (Å²) in [4.78, 5) is 107. The van der Waals surface area contributed by atoms with E-state index in [-0.39, 0.29) is 66.5 Å². The van der Waals surface area contributed by atoms with Crippen LogP contribution in [0.4, 0.5) is 0 Å². The predicted molar refractivity (Wildman–Crippen MR) is 269 cm³/mol. The molecule has 68 heavy (non-hydrogen) atoms. The molecule has 0 saturated heterocycles. The zero-order valence-corrected chi connectivity index (χ0v) is 42.4. The molecule has 4 aliphatic heterocycles. The van der Waals surface area contributed by atoms with Crippen LogP contribution in [-0.4, -0.2) is 120 Å². The molecule has 4 N–H and O–H groups in total. The van der Waals surface area contributed by atoms with Gasteiger partial charge < -0.3 is 30.7 Å². The zero-order chi connectivity index (χ0) is 49.4. The molecule has 0 unspecified atom stereocenters. The lowest BCUT2D eigenvalue weighted by molar-refractivity contribution is -0.154. The van der Waals surface area contributed by atoms with Crippen molar-refractivity contribution in [2.75, 3.05) is 23.0 Å². The maximum Gasteiger partial charge on any atom is 0.329 e. The molecular weight excluding hydrogens is 949 g/mol. The number of aliphatic imine (C=N–C) groups is 2. The second-order valence-corrected chi connectivity index (χ2v) is 20.8. The summed E-state index contributed by atoms with van der Waals surface area (Å²) in [6.07, 6.45) is 8.20. The van der Waals surface area contributed by atoms with Gasteiger partial charge >= 0.3 is 11.9 Å². The number of pyridine rings is 2. The van der Waals surface area contributed by atoms with Gasteiger partial charge in [0.15, 0.2) is 5.12 Å². The minimum atomic E-state index is -1.03. The molecule has 4 aliphatic rings. The summed E-state index contributed by atoms with van der Waals surface area (Å²) in [7, 11) is 0. The molecule has 0 aliphatic carbocycles. The number of hydrogen-bond acceptors (Lipinski definition) is 17. The Morgan fingerprint density at radius 3 is 2.13 bits per heavy atom. The number of nitrogens with zero attached hydrogens (tertiary/aromatic N) is 4. The van der Waals surface area contributed by atoms with E-state index in [4.69, 9.17) is 9.47 Å². The number of thioether (sulfide) groups is 3. The second-order valence-electron chi connectivity index (χ2n) is 17.1. The van der Waals surface area contributed by atoms with Crippen LogP contribution in [0, 0.1) is 11.8 Å². The maximum absolute atomic E-state index is 13.2. The van der Waals surface area contributed by atoms with E-state index in [0.29, 0.717) is 63.0 Å². The molecule has 0 fully saturated rings. The van der Waals surface area contributed by atoms with Gasteiger partial charge in [-0.2, -0.15) is 12.6 Å². The van der Waals surface area contributed by atoms with Gasteiger partial charge in [0.2, 0.25) is 23.6 Å². The lowest BCUT2D eigenvalue weighted by Gasteiger charge is -2.27. The first-order valence-electron chi connectivity index (χ1n) is 22.4. The number of allylic oxidation sites excluding steroid dienone is 2. The Balaban J connectivity index is 0.000000256. The first kappa shape index (κ1) is 54.0. The van der Waals surface area contributed by atoms with Crippen LogP contribution in [0.3, 0.4) is 0 Å². The number of aromatic nitrogens is 2. The molecule has 6 rings (SSSR count). The Labute approximate surface area is 415 Å². The number of hydrogen-bond donors (Lipinski definition) is 5. The van der Waals surface area contributed by atoms with Gasteiger partial charge in [-0.25, -0.2) is 14.6 Å². The van der Waals surface area contributed by atoms with Crippen molar-refractivity contribution >= 4 is 98.7 Å². The number of carbonyl (C=O) groups is 7. The van der Waals surface area contributed by atoms with Crippen LogP contribution in [0.15, 0.2) is 70.8 Å². The van der Waals surface area contributed by atoms with Crippen molar-refractivity contribution in [3.05, 3.63) is 83.5 Å². The van der Waals surface area contributed by atoms with Crippen molar-refractivity contribution in [1.29, 1.82) is 0 Å². The average Bonchev–Trinajstić information content (AvgIpc) is 3.96. The minimum Gasteiger partial charge on any atom is -0.456 e. The van der Waals surface area contributed by atoms with Crippen molar-refractivity contribution in [3.8, 4) is 0 Å². The molecule has 6 heterocycles. The molecule has 0 radical (unpaired) electrons. The molecule has 8 bridgehead atoms. The smallest absolute Gasteiger partial charge is 0.329 e. The van der Waals surface area contributed by atoms with E-state index in [0.717, 1.165) is 5.56 Å². The highest BCUT2D eigenvalue weighted by Gasteiger charge is 2.41. The molecule has 366 valence electrons. The number of ether oxygens (including phenoxy) is 2. The number of fused-ring (bicyclic) bond motifs is 8. The monoisotopic (exact) mass is 1010 g/mol. The van der Waals surface area contributed by atoms with Crippen molar-refractivity contribution in [2.24, 2.45) is 21.8 Å². The van der Waals surface area contributed by atoms with E-state index in [2.05, 4.69) is 53.8 Å². The van der Waals surface area contributed by atoms with E-state index in [9.17, 15) is 33.6 Å². The summed E-state index contributed by atoms with van der Waals surface area (Å²) >= 11 is 8.29. The van der Waals surface area contributed by atoms with Gasteiger partial charge in [-0.3, -0.25) is 38.9 Å². The molecule has 0 saturated carbocycles. The topological polar surface area (TPSA) is 237 Å². The van der Waals surface area contributed by atoms with E-state index in [1.54, 1.807) is 31.3 Å². The number of esters is 2. The van der Waals surface area contributed by atoms with Gasteiger partial charge in [0, 0.05) is 35.9 Å². The Morgan fingerprint density at radius 2 is 1.50 bits per heavy atom. The van der Waals surface area contributed by atoms with Gasteiger partial charge in [0.05, 0.1) is 48.1 Å². The molecule has 0 aromatic carbocycles. The summed E-state index contributed by atoms with van der Waals surface area (Å²) in [5.74, 6) is -0.749. The summed E-state index contributed by atoms with van der Waals surface area (Å²) < 4.78 is 11.3. The van der Waals surface area contributed by atoms with Gasteiger partial charge in [0.25, 0.3) is 0 Å². The van der Waals surface area contributed by atoms with Crippen molar-refractivity contribution in [1.82, 2.24) is 31.2 Å². The fourth-order valence-electron chi connectivity index (χ4n) is 6.83. The molecule has 0 spiro atoms. The predicted octanol–water partition coefficient (Wildman–Crippen LogP) is 4.52. The fourth-order valence-corrected chi connectivity index (χ4v) is 9.70. The van der Waals surface area contributed by atoms with E-state index >= 15 is 0 Å². The van der Waals surface area contributed by atoms with Crippen LogP contribution >= 0.6 is 47.9 Å². The third-order valence-corrected chi connectivity index (χ3v) is 14.1. The standard InChI is InChI=1S/C25H32N4O5S2.C22H28N4O4S2/c1-15(2)21-23(32)34-19(7-5-6-10-35-16(3)30)12-20(31)27-13-18-11-17(8-9-26-18)22-29-25(4,14-36-22)24(33)28-21;1-13(2)19-22(29)30-15(7-3-4-9-31)10-18(27)23-11-14-6-5-8-16(24-14)21-25-17(12-32-21)20(28)26-19/h5,7-9,11,15,19,21H,6,10,12-14H2,1-4H3,(H,27,31)(H,28,33);3,5-8,13,15,17,19,31H,4,9-12H2,1-2H3,(H,23,27)(H,26,28)/b7-5+;7-3+/t19-,21+,25+;15-,17+,19+/m11/s1. The first-order chi connectivity index (χ1) is 32.4. The summed E-state index contributed by atoms with van der Waals surface area (Å²) in [5, 5.41) is 12.7. The molecular formula is C47H60N8O9S4. The van der Waals surface area contributed by atoms with Crippen molar-refractivity contribution < 1.29 is 43.0 Å². The number of cyclic esters (lactones) is 2. The Hall–Kier alpha value is -4.99. The van der Waals surface area contributed by atoms with Gasteiger partial charge in [0.1, 0.15) is 40.9 Å². The number of nitrogens with one attached hydrogen (secondary N) is 4. The second kappa shape index (κ2) is 26.1. The number of carbonyl (C=O) groups excluding carboxylic acids is 7. The normalized spacial score (nSPS) is 25.1. The van der Waals surface area contributed by atoms with E-state index in [1.807, 2.05) is 64.1 Å². The molecule has 4 amide bonds. The summed E-state index contributed by atoms with van der Waals surface area (Å²) in [6, 6.07) is 6.82. The third kappa shape index (κ3) is 16.3. The van der Waals surface area contributed by atoms with E-state index in [1.165, 1.54) is 42.2 Å². The SMILES string of the molecule is CC(=O)SCC/C=C/[C@@H]1CC(=O)NCc2cc(ccn2)C2=N[C@@](C)(CS2)C(=O)N[C@@H](C(C)C)C(=O)O1.CC(C)[C@@H]1NC(=O)[C@@H]2CSC(=N2)c2cccc(n2)CNC(=O)C[C@@H](/C=C/CCS)OC1=O. The zero-order valence-electron chi connectivity index (χ0n) is 39.0. The Morgan fingerprint density at radius 1 is 0.868 bits per heavy atom. The van der Waals surface area contributed by atoms with Crippen molar-refractivity contribution in [2.45, 2.75) is 116 Å². The Bertz CT molecular complexity index is 2310. The number of thiol groups is 1.